The van der Waals surface area contributed by atoms with Crippen molar-refractivity contribution in [3.05, 3.63) is 53.1 Å². The number of halogens is 1. The molecule has 0 unspecified atom stereocenters. The quantitative estimate of drug-likeness (QED) is 0.700. The average molecular weight is 331 g/mol. The summed E-state index contributed by atoms with van der Waals surface area (Å²) in [7, 11) is 0. The van der Waals surface area contributed by atoms with E-state index in [1.165, 1.54) is 5.56 Å². The standard InChI is InChI=1S/C16H15ClN4S/c1-9(10-2-4-11(17)5-3-10)22-12-6-7-14-13(8-12)15(18)21-16(19)20-14/h2-9H,1H3,(H4,18,19,20,21)/t9-/m0/s1. The Kier molecular flexibility index (Phi) is 4.09. The third-order valence-electron chi connectivity index (χ3n) is 3.37. The minimum Gasteiger partial charge on any atom is -0.383 e. The maximum Gasteiger partial charge on any atom is 0.222 e. The third kappa shape index (κ3) is 3.10. The molecule has 1 aromatic heterocycles. The summed E-state index contributed by atoms with van der Waals surface area (Å²) in [5.41, 5.74) is 13.5. The number of fused-ring (bicyclic) bond motifs is 1. The highest BCUT2D eigenvalue weighted by Gasteiger charge is 2.10. The molecule has 0 saturated carbocycles. The van der Waals surface area contributed by atoms with Gasteiger partial charge in [-0.15, -0.1) is 11.8 Å². The van der Waals surface area contributed by atoms with Crippen molar-refractivity contribution in [1.82, 2.24) is 9.97 Å². The summed E-state index contributed by atoms with van der Waals surface area (Å²) < 4.78 is 0. The van der Waals surface area contributed by atoms with Crippen LogP contribution in [-0.4, -0.2) is 9.97 Å². The first-order valence-electron chi connectivity index (χ1n) is 6.78. The number of rotatable bonds is 3. The molecule has 4 N–H and O–H groups in total. The van der Waals surface area contributed by atoms with E-state index in [1.54, 1.807) is 11.8 Å². The van der Waals surface area contributed by atoms with Gasteiger partial charge < -0.3 is 11.5 Å². The van der Waals surface area contributed by atoms with Crippen LogP contribution in [0, 0.1) is 0 Å². The lowest BCUT2D eigenvalue weighted by molar-refractivity contribution is 1.10. The first-order valence-corrected chi connectivity index (χ1v) is 8.03. The molecule has 112 valence electrons. The van der Waals surface area contributed by atoms with Crippen LogP contribution < -0.4 is 11.5 Å². The Morgan fingerprint density at radius 3 is 2.50 bits per heavy atom. The molecule has 0 fully saturated rings. The third-order valence-corrected chi connectivity index (χ3v) is 4.77. The van der Waals surface area contributed by atoms with E-state index in [0.29, 0.717) is 11.1 Å². The van der Waals surface area contributed by atoms with Gasteiger partial charge in [0.25, 0.3) is 0 Å². The van der Waals surface area contributed by atoms with Crippen LogP contribution in [0.3, 0.4) is 0 Å². The van der Waals surface area contributed by atoms with Gasteiger partial charge in [0.05, 0.1) is 5.52 Å². The van der Waals surface area contributed by atoms with Gasteiger partial charge in [0.15, 0.2) is 0 Å². The second kappa shape index (κ2) is 6.02. The number of nitrogens with zero attached hydrogens (tertiary/aromatic N) is 2. The molecule has 0 saturated heterocycles. The number of hydrogen-bond donors (Lipinski definition) is 2. The van der Waals surface area contributed by atoms with Gasteiger partial charge in [-0.2, -0.15) is 4.98 Å². The van der Waals surface area contributed by atoms with Crippen LogP contribution in [0.2, 0.25) is 5.02 Å². The predicted octanol–water partition coefficient (Wildman–Crippen LogP) is 4.30. The highest BCUT2D eigenvalue weighted by atomic mass is 35.5. The van der Waals surface area contributed by atoms with Crippen LogP contribution in [0.4, 0.5) is 11.8 Å². The van der Waals surface area contributed by atoms with Crippen molar-refractivity contribution < 1.29 is 0 Å². The molecule has 0 radical (unpaired) electrons. The van der Waals surface area contributed by atoms with Gasteiger partial charge >= 0.3 is 0 Å². The maximum absolute atomic E-state index is 5.93. The van der Waals surface area contributed by atoms with E-state index >= 15 is 0 Å². The van der Waals surface area contributed by atoms with E-state index in [1.807, 2.05) is 42.5 Å². The molecule has 0 spiro atoms. The highest BCUT2D eigenvalue weighted by Crippen LogP contribution is 2.36. The Morgan fingerprint density at radius 2 is 1.77 bits per heavy atom. The van der Waals surface area contributed by atoms with Crippen molar-refractivity contribution in [3.8, 4) is 0 Å². The summed E-state index contributed by atoms with van der Waals surface area (Å²) in [5, 5.41) is 1.86. The summed E-state index contributed by atoms with van der Waals surface area (Å²) in [5.74, 6) is 0.601. The van der Waals surface area contributed by atoms with Gasteiger partial charge in [0, 0.05) is 20.6 Å². The lowest BCUT2D eigenvalue weighted by Gasteiger charge is -2.12. The first-order chi connectivity index (χ1) is 10.5. The molecule has 0 bridgehead atoms. The first kappa shape index (κ1) is 14.9. The zero-order valence-corrected chi connectivity index (χ0v) is 13.5. The molecule has 3 aromatic rings. The van der Waals surface area contributed by atoms with Crippen LogP contribution >= 0.6 is 23.4 Å². The van der Waals surface area contributed by atoms with E-state index in [4.69, 9.17) is 23.1 Å². The second-order valence-corrected chi connectivity index (χ2v) is 6.81. The van der Waals surface area contributed by atoms with Crippen molar-refractivity contribution in [2.24, 2.45) is 0 Å². The number of nitrogen functional groups attached to an aromatic ring is 2. The summed E-state index contributed by atoms with van der Waals surface area (Å²) in [6, 6.07) is 13.8. The number of thioether (sulfide) groups is 1. The zero-order chi connectivity index (χ0) is 15.7. The molecule has 22 heavy (non-hydrogen) atoms. The Morgan fingerprint density at radius 1 is 1.05 bits per heavy atom. The Labute approximate surface area is 137 Å². The fraction of sp³-hybridized carbons (Fsp3) is 0.125. The number of aromatic nitrogens is 2. The van der Waals surface area contributed by atoms with Crippen LogP contribution in [-0.2, 0) is 0 Å². The van der Waals surface area contributed by atoms with Crippen LogP contribution in [0.1, 0.15) is 17.7 Å². The van der Waals surface area contributed by atoms with Gasteiger partial charge in [0.1, 0.15) is 5.82 Å². The lowest BCUT2D eigenvalue weighted by Crippen LogP contribution is -2.00. The summed E-state index contributed by atoms with van der Waals surface area (Å²) >= 11 is 7.67. The molecule has 3 rings (SSSR count). The zero-order valence-electron chi connectivity index (χ0n) is 12.0. The maximum atomic E-state index is 5.93. The lowest BCUT2D eigenvalue weighted by atomic mass is 10.2. The van der Waals surface area contributed by atoms with Crippen molar-refractivity contribution in [2.45, 2.75) is 17.1 Å². The fourth-order valence-corrected chi connectivity index (χ4v) is 3.39. The SMILES string of the molecule is C[C@H](Sc1ccc2nc(N)nc(N)c2c1)c1ccc(Cl)cc1. The fourth-order valence-electron chi connectivity index (χ4n) is 2.23. The highest BCUT2D eigenvalue weighted by molar-refractivity contribution is 7.99. The summed E-state index contributed by atoms with van der Waals surface area (Å²) in [6.07, 6.45) is 0. The van der Waals surface area contributed by atoms with E-state index in [-0.39, 0.29) is 5.95 Å². The van der Waals surface area contributed by atoms with Crippen molar-refractivity contribution >= 4 is 46.0 Å². The van der Waals surface area contributed by atoms with E-state index in [0.717, 1.165) is 20.8 Å². The largest absolute Gasteiger partial charge is 0.383 e. The van der Waals surface area contributed by atoms with Gasteiger partial charge in [-0.3, -0.25) is 0 Å². The Bertz CT molecular complexity index is 820. The molecule has 2 aromatic carbocycles. The van der Waals surface area contributed by atoms with E-state index in [2.05, 4.69) is 16.9 Å². The minimum atomic E-state index is 0.194. The molecule has 1 heterocycles. The monoisotopic (exact) mass is 330 g/mol. The molecule has 1 atom stereocenters. The van der Waals surface area contributed by atoms with Crippen molar-refractivity contribution in [3.63, 3.8) is 0 Å². The topological polar surface area (TPSA) is 77.8 Å². The van der Waals surface area contributed by atoms with Gasteiger partial charge in [-0.05, 0) is 42.8 Å². The van der Waals surface area contributed by atoms with Crippen molar-refractivity contribution in [1.29, 1.82) is 0 Å². The molecule has 0 amide bonds. The van der Waals surface area contributed by atoms with Gasteiger partial charge in [-0.25, -0.2) is 4.98 Å². The molecule has 0 aliphatic heterocycles. The smallest absolute Gasteiger partial charge is 0.222 e. The van der Waals surface area contributed by atoms with Crippen LogP contribution in [0.15, 0.2) is 47.4 Å². The number of nitrogens with two attached hydrogens (primary N) is 2. The molecular weight excluding hydrogens is 316 g/mol. The molecule has 0 aliphatic rings. The van der Waals surface area contributed by atoms with Crippen LogP contribution in [0.5, 0.6) is 0 Å². The number of anilines is 2. The normalized spacial score (nSPS) is 12.5. The minimum absolute atomic E-state index is 0.194. The van der Waals surface area contributed by atoms with E-state index < -0.39 is 0 Å². The molecular formula is C16H15ClN4S. The van der Waals surface area contributed by atoms with Gasteiger partial charge in [0.2, 0.25) is 5.95 Å². The Balaban J connectivity index is 1.89. The summed E-state index contributed by atoms with van der Waals surface area (Å²) in [4.78, 5) is 9.30. The van der Waals surface area contributed by atoms with Crippen molar-refractivity contribution in [2.75, 3.05) is 11.5 Å². The predicted molar refractivity (Wildman–Crippen MR) is 94.1 cm³/mol. The Hall–Kier alpha value is -1.98. The number of hydrogen-bond acceptors (Lipinski definition) is 5. The number of benzene rings is 2. The van der Waals surface area contributed by atoms with Gasteiger partial charge in [-0.1, -0.05) is 23.7 Å². The average Bonchev–Trinajstić information content (AvgIpc) is 2.48. The molecule has 4 nitrogen and oxygen atoms in total. The molecule has 6 heteroatoms. The van der Waals surface area contributed by atoms with Crippen LogP contribution in [0.25, 0.3) is 10.9 Å². The van der Waals surface area contributed by atoms with E-state index in [9.17, 15) is 0 Å². The molecule has 0 aliphatic carbocycles. The summed E-state index contributed by atoms with van der Waals surface area (Å²) in [6.45, 7) is 2.15. The second-order valence-electron chi connectivity index (χ2n) is 4.96.